The van der Waals surface area contributed by atoms with Crippen LogP contribution in [0.1, 0.15) is 5.69 Å². The van der Waals surface area contributed by atoms with Crippen molar-refractivity contribution in [2.75, 3.05) is 11.9 Å². The van der Waals surface area contributed by atoms with Gasteiger partial charge in [0.2, 0.25) is 5.88 Å². The van der Waals surface area contributed by atoms with E-state index in [1.807, 2.05) is 0 Å². The topological polar surface area (TPSA) is 90.6 Å². The van der Waals surface area contributed by atoms with E-state index in [4.69, 9.17) is 0 Å². The summed E-state index contributed by atoms with van der Waals surface area (Å²) >= 11 is 0. The average Bonchev–Trinajstić information content (AvgIpc) is 2.93. The van der Waals surface area contributed by atoms with Crippen molar-refractivity contribution in [2.24, 2.45) is 7.05 Å². The Kier molecular flexibility index (Phi) is 4.15. The van der Waals surface area contributed by atoms with Crippen LogP contribution in [0.3, 0.4) is 0 Å². The molecule has 0 saturated heterocycles. The Morgan fingerprint density at radius 3 is 2.75 bits per heavy atom. The van der Waals surface area contributed by atoms with E-state index < -0.39 is 12.8 Å². The van der Waals surface area contributed by atoms with E-state index >= 15 is 0 Å². The second-order valence-electron chi connectivity index (χ2n) is 4.85. The molecule has 0 aliphatic rings. The van der Waals surface area contributed by atoms with Gasteiger partial charge in [0.25, 0.3) is 0 Å². The smallest absolute Gasteiger partial charge is 0.422 e. The number of nitrogens with zero attached hydrogens (tertiary/aromatic N) is 6. The number of hydrogen-bond acceptors (Lipinski definition) is 7. The lowest BCUT2D eigenvalue weighted by atomic mass is 10.3. The molecule has 0 atom stereocenters. The van der Waals surface area contributed by atoms with Crippen LogP contribution in [-0.2, 0) is 13.6 Å². The fourth-order valence-electron chi connectivity index (χ4n) is 1.95. The summed E-state index contributed by atoms with van der Waals surface area (Å²) in [6.07, 6.45) is -1.37. The van der Waals surface area contributed by atoms with Gasteiger partial charge < -0.3 is 10.1 Å². The number of aryl methyl sites for hydroxylation is 1. The van der Waals surface area contributed by atoms with Crippen LogP contribution in [0.15, 0.2) is 24.7 Å². The SMILES string of the molecule is Cn1ncc2c(NCc3ccc(OCC(F)(F)F)nn3)ncnc21. The number of alkyl halides is 3. The third-order valence-corrected chi connectivity index (χ3v) is 3.05. The fourth-order valence-corrected chi connectivity index (χ4v) is 1.95. The molecule has 24 heavy (non-hydrogen) atoms. The molecular weight excluding hydrogens is 327 g/mol. The number of anilines is 1. The molecule has 0 amide bonds. The second-order valence-corrected chi connectivity index (χ2v) is 4.85. The highest BCUT2D eigenvalue weighted by molar-refractivity contribution is 5.85. The van der Waals surface area contributed by atoms with Crippen LogP contribution in [0.25, 0.3) is 11.0 Å². The van der Waals surface area contributed by atoms with Gasteiger partial charge in [-0.1, -0.05) is 0 Å². The molecule has 0 aliphatic carbocycles. The highest BCUT2D eigenvalue weighted by Crippen LogP contribution is 2.19. The minimum atomic E-state index is -4.41. The zero-order chi connectivity index (χ0) is 17.2. The molecule has 3 heterocycles. The Morgan fingerprint density at radius 1 is 1.21 bits per heavy atom. The lowest BCUT2D eigenvalue weighted by Gasteiger charge is -2.08. The first-order chi connectivity index (χ1) is 11.4. The van der Waals surface area contributed by atoms with Gasteiger partial charge in [0.05, 0.1) is 23.8 Å². The number of rotatable bonds is 5. The van der Waals surface area contributed by atoms with E-state index in [2.05, 4.69) is 35.3 Å². The Hall–Kier alpha value is -2.98. The van der Waals surface area contributed by atoms with Crippen molar-refractivity contribution in [3.63, 3.8) is 0 Å². The number of fused-ring (bicyclic) bond motifs is 1. The molecule has 3 aromatic heterocycles. The van der Waals surface area contributed by atoms with Crippen molar-refractivity contribution < 1.29 is 17.9 Å². The van der Waals surface area contributed by atoms with Crippen LogP contribution in [0, 0.1) is 0 Å². The molecule has 0 saturated carbocycles. The van der Waals surface area contributed by atoms with Gasteiger partial charge >= 0.3 is 6.18 Å². The second kappa shape index (κ2) is 6.26. The zero-order valence-corrected chi connectivity index (χ0v) is 12.4. The van der Waals surface area contributed by atoms with Gasteiger partial charge in [0.15, 0.2) is 12.3 Å². The molecule has 11 heteroatoms. The Bertz CT molecular complexity index is 832. The minimum Gasteiger partial charge on any atom is -0.467 e. The molecule has 3 aromatic rings. The van der Waals surface area contributed by atoms with Crippen molar-refractivity contribution in [3.05, 3.63) is 30.4 Å². The van der Waals surface area contributed by atoms with Gasteiger partial charge in [0, 0.05) is 13.1 Å². The predicted octanol–water partition coefficient (Wildman–Crippen LogP) is 1.71. The summed E-state index contributed by atoms with van der Waals surface area (Å²) in [5.41, 5.74) is 1.19. The molecule has 0 aromatic carbocycles. The maximum absolute atomic E-state index is 12.1. The third kappa shape index (κ3) is 3.67. The number of hydrogen-bond donors (Lipinski definition) is 1. The highest BCUT2D eigenvalue weighted by Gasteiger charge is 2.28. The summed E-state index contributed by atoms with van der Waals surface area (Å²) in [6.45, 7) is -1.12. The molecule has 0 spiro atoms. The van der Waals surface area contributed by atoms with Gasteiger partial charge in [-0.2, -0.15) is 23.4 Å². The van der Waals surface area contributed by atoms with Crippen LogP contribution in [0.4, 0.5) is 19.0 Å². The fraction of sp³-hybridized carbons (Fsp3) is 0.308. The summed E-state index contributed by atoms with van der Waals surface area (Å²) in [5.74, 6) is 0.389. The lowest BCUT2D eigenvalue weighted by Crippen LogP contribution is -2.19. The van der Waals surface area contributed by atoms with E-state index in [1.165, 1.54) is 18.5 Å². The number of nitrogens with one attached hydrogen (secondary N) is 1. The molecule has 0 unspecified atom stereocenters. The van der Waals surface area contributed by atoms with Gasteiger partial charge in [-0.3, -0.25) is 4.68 Å². The van der Waals surface area contributed by atoms with E-state index in [0.717, 1.165) is 5.39 Å². The van der Waals surface area contributed by atoms with E-state index in [9.17, 15) is 13.2 Å². The molecule has 0 radical (unpaired) electrons. The predicted molar refractivity (Wildman–Crippen MR) is 77.2 cm³/mol. The maximum atomic E-state index is 12.1. The van der Waals surface area contributed by atoms with Crippen LogP contribution in [0.5, 0.6) is 5.88 Å². The summed E-state index contributed by atoms with van der Waals surface area (Å²) in [6, 6.07) is 2.85. The van der Waals surface area contributed by atoms with Crippen molar-refractivity contribution in [1.82, 2.24) is 29.9 Å². The quantitative estimate of drug-likeness (QED) is 0.756. The van der Waals surface area contributed by atoms with Gasteiger partial charge in [-0.05, 0) is 6.07 Å². The maximum Gasteiger partial charge on any atom is 0.422 e. The first kappa shape index (κ1) is 15.9. The van der Waals surface area contributed by atoms with Crippen LogP contribution in [-0.4, -0.2) is 42.7 Å². The van der Waals surface area contributed by atoms with Gasteiger partial charge in [0.1, 0.15) is 12.1 Å². The number of ether oxygens (including phenoxy) is 1. The standard InChI is InChI=1S/C13H12F3N7O/c1-23-12-9(5-20-23)11(18-7-19-12)17-4-8-2-3-10(22-21-8)24-6-13(14,15)16/h2-3,5,7H,4,6H2,1H3,(H,17,18,19). The summed E-state index contributed by atoms with van der Waals surface area (Å²) in [7, 11) is 1.77. The molecule has 126 valence electrons. The Balaban J connectivity index is 1.64. The normalized spacial score (nSPS) is 11.7. The van der Waals surface area contributed by atoms with E-state index in [0.29, 0.717) is 17.2 Å². The lowest BCUT2D eigenvalue weighted by molar-refractivity contribution is -0.154. The van der Waals surface area contributed by atoms with Crippen molar-refractivity contribution in [1.29, 1.82) is 0 Å². The molecule has 0 fully saturated rings. The third-order valence-electron chi connectivity index (χ3n) is 3.05. The molecule has 0 aliphatic heterocycles. The summed E-state index contributed by atoms with van der Waals surface area (Å²) in [5, 5.41) is 15.3. The van der Waals surface area contributed by atoms with Crippen molar-refractivity contribution in [3.8, 4) is 5.88 Å². The first-order valence-corrected chi connectivity index (χ1v) is 6.81. The number of halogens is 3. The highest BCUT2D eigenvalue weighted by atomic mass is 19.4. The molecule has 1 N–H and O–H groups in total. The minimum absolute atomic E-state index is 0.187. The van der Waals surface area contributed by atoms with Crippen LogP contribution in [0.2, 0.25) is 0 Å². The summed E-state index contributed by atoms with van der Waals surface area (Å²) in [4.78, 5) is 8.26. The Morgan fingerprint density at radius 2 is 2.04 bits per heavy atom. The van der Waals surface area contributed by atoms with Crippen molar-refractivity contribution >= 4 is 16.9 Å². The Labute approximate surface area is 133 Å². The van der Waals surface area contributed by atoms with Crippen molar-refractivity contribution in [2.45, 2.75) is 12.7 Å². The van der Waals surface area contributed by atoms with Crippen LogP contribution >= 0.6 is 0 Å². The van der Waals surface area contributed by atoms with E-state index in [1.54, 1.807) is 17.9 Å². The molecule has 8 nitrogen and oxygen atoms in total. The molecular formula is C13H12F3N7O. The van der Waals surface area contributed by atoms with Gasteiger partial charge in [-0.25, -0.2) is 9.97 Å². The average molecular weight is 339 g/mol. The monoisotopic (exact) mass is 339 g/mol. The van der Waals surface area contributed by atoms with Gasteiger partial charge in [-0.15, -0.1) is 5.10 Å². The van der Waals surface area contributed by atoms with E-state index in [-0.39, 0.29) is 12.4 Å². The number of aromatic nitrogens is 6. The zero-order valence-electron chi connectivity index (χ0n) is 12.4. The van der Waals surface area contributed by atoms with Crippen LogP contribution < -0.4 is 10.1 Å². The first-order valence-electron chi connectivity index (χ1n) is 6.81. The summed E-state index contributed by atoms with van der Waals surface area (Å²) < 4.78 is 42.3. The molecule has 3 rings (SSSR count). The largest absolute Gasteiger partial charge is 0.467 e. The molecule has 0 bridgehead atoms.